The first-order valence-electron chi connectivity index (χ1n) is 9.67. The molecule has 0 aliphatic carbocycles. The van der Waals surface area contributed by atoms with Crippen LogP contribution in [-0.2, 0) is 17.9 Å². The van der Waals surface area contributed by atoms with Gasteiger partial charge in [0, 0.05) is 31.7 Å². The van der Waals surface area contributed by atoms with Crippen LogP contribution in [0, 0.1) is 0 Å². The van der Waals surface area contributed by atoms with Gasteiger partial charge in [0.2, 0.25) is 0 Å². The van der Waals surface area contributed by atoms with E-state index in [9.17, 15) is 9.90 Å². The second kappa shape index (κ2) is 8.28. The van der Waals surface area contributed by atoms with Gasteiger partial charge in [0.15, 0.2) is 5.60 Å². The molecule has 1 unspecified atom stereocenters. The molecule has 1 aliphatic heterocycles. The second-order valence-electron chi connectivity index (χ2n) is 8.06. The Bertz CT molecular complexity index is 739. The van der Waals surface area contributed by atoms with E-state index in [0.717, 1.165) is 17.5 Å². The highest BCUT2D eigenvalue weighted by Crippen LogP contribution is 2.26. The zero-order chi connectivity index (χ0) is 19.4. The lowest BCUT2D eigenvalue weighted by Gasteiger charge is -2.40. The number of carbonyl (C=O) groups excluding carboxylic acids is 1. The van der Waals surface area contributed by atoms with Crippen molar-refractivity contribution in [3.63, 3.8) is 0 Å². The molecule has 1 aromatic carbocycles. The van der Waals surface area contributed by atoms with E-state index in [0.29, 0.717) is 38.5 Å². The molecule has 1 aliphatic rings. The minimum absolute atomic E-state index is 0.166. The molecule has 2 aromatic rings. The molecule has 1 amide bonds. The Labute approximate surface area is 161 Å². The summed E-state index contributed by atoms with van der Waals surface area (Å²) in [5, 5.41) is 11.0. The van der Waals surface area contributed by atoms with E-state index >= 15 is 0 Å². The predicted molar refractivity (Wildman–Crippen MR) is 105 cm³/mol. The van der Waals surface area contributed by atoms with Gasteiger partial charge in [0.25, 0.3) is 5.91 Å². The van der Waals surface area contributed by atoms with Gasteiger partial charge in [0.05, 0.1) is 12.5 Å². The number of rotatable bonds is 7. The molecule has 1 N–H and O–H groups in total. The van der Waals surface area contributed by atoms with Crippen LogP contribution in [0.2, 0.25) is 0 Å². The fourth-order valence-corrected chi connectivity index (χ4v) is 3.79. The summed E-state index contributed by atoms with van der Waals surface area (Å²) >= 11 is 0. The minimum Gasteiger partial charge on any atom is -0.472 e. The number of aliphatic hydroxyl groups is 1. The van der Waals surface area contributed by atoms with E-state index in [4.69, 9.17) is 4.42 Å². The maximum absolute atomic E-state index is 13.0. The van der Waals surface area contributed by atoms with Gasteiger partial charge in [-0.05, 0) is 43.0 Å². The molecule has 5 heteroatoms. The summed E-state index contributed by atoms with van der Waals surface area (Å²) in [6.07, 6.45) is 4.64. The number of furan rings is 1. The highest BCUT2D eigenvalue weighted by Gasteiger charge is 2.42. The standard InChI is InChI=1S/C22H30N2O3/c1-17(2)20-7-5-18(6-8-20)14-24-11-4-10-22(26,21(24)25)16-23(3)13-19-9-12-27-15-19/h5-9,12,15,17,26H,4,10-11,13-14,16H2,1-3H3. The number of nitrogens with zero attached hydrogens (tertiary/aromatic N) is 2. The number of piperidine rings is 1. The number of benzene rings is 1. The van der Waals surface area contributed by atoms with E-state index in [1.807, 2.05) is 18.0 Å². The summed E-state index contributed by atoms with van der Waals surface area (Å²) in [6, 6.07) is 10.3. The van der Waals surface area contributed by atoms with Crippen LogP contribution >= 0.6 is 0 Å². The smallest absolute Gasteiger partial charge is 0.256 e. The van der Waals surface area contributed by atoms with Gasteiger partial charge >= 0.3 is 0 Å². The normalized spacial score (nSPS) is 20.7. The predicted octanol–water partition coefficient (Wildman–Crippen LogP) is 3.39. The molecule has 0 saturated carbocycles. The maximum Gasteiger partial charge on any atom is 0.256 e. The molecular weight excluding hydrogens is 340 g/mol. The molecule has 2 heterocycles. The van der Waals surface area contributed by atoms with Crippen molar-refractivity contribution in [3.8, 4) is 0 Å². The van der Waals surface area contributed by atoms with Gasteiger partial charge in [-0.3, -0.25) is 9.69 Å². The van der Waals surface area contributed by atoms with Crippen LogP contribution in [0.4, 0.5) is 0 Å². The van der Waals surface area contributed by atoms with Gasteiger partial charge < -0.3 is 14.4 Å². The fraction of sp³-hybridized carbons (Fsp3) is 0.500. The maximum atomic E-state index is 13.0. The number of likely N-dealkylation sites (tertiary alicyclic amines) is 1. The molecule has 1 saturated heterocycles. The Morgan fingerprint density at radius 3 is 2.59 bits per heavy atom. The molecule has 146 valence electrons. The van der Waals surface area contributed by atoms with Gasteiger partial charge in [-0.25, -0.2) is 0 Å². The lowest BCUT2D eigenvalue weighted by Crippen LogP contribution is -2.57. The molecule has 27 heavy (non-hydrogen) atoms. The first kappa shape index (κ1) is 19.6. The van der Waals surface area contributed by atoms with Crippen molar-refractivity contribution < 1.29 is 14.3 Å². The molecule has 0 spiro atoms. The summed E-state index contributed by atoms with van der Waals surface area (Å²) in [4.78, 5) is 16.8. The van der Waals surface area contributed by atoms with Crippen molar-refractivity contribution >= 4 is 5.91 Å². The number of hydrogen-bond acceptors (Lipinski definition) is 4. The molecule has 0 radical (unpaired) electrons. The zero-order valence-electron chi connectivity index (χ0n) is 16.5. The van der Waals surface area contributed by atoms with Gasteiger partial charge in [-0.2, -0.15) is 0 Å². The van der Waals surface area contributed by atoms with E-state index in [1.54, 1.807) is 17.4 Å². The average molecular weight is 370 g/mol. The SMILES string of the molecule is CC(C)c1ccc(CN2CCCC(O)(CN(C)Cc3ccoc3)C2=O)cc1. The highest BCUT2D eigenvalue weighted by atomic mass is 16.3. The van der Waals surface area contributed by atoms with Gasteiger partial charge in [-0.15, -0.1) is 0 Å². The van der Waals surface area contributed by atoms with E-state index in [-0.39, 0.29) is 5.91 Å². The highest BCUT2D eigenvalue weighted by molar-refractivity contribution is 5.86. The topological polar surface area (TPSA) is 56.9 Å². The molecule has 1 fully saturated rings. The minimum atomic E-state index is -1.32. The van der Waals surface area contributed by atoms with Crippen molar-refractivity contribution in [2.75, 3.05) is 20.1 Å². The summed E-state index contributed by atoms with van der Waals surface area (Å²) in [7, 11) is 1.92. The molecule has 1 aromatic heterocycles. The third-order valence-electron chi connectivity index (χ3n) is 5.29. The lowest BCUT2D eigenvalue weighted by molar-refractivity contribution is -0.160. The van der Waals surface area contributed by atoms with Gasteiger partial charge in [0.1, 0.15) is 0 Å². The lowest BCUT2D eigenvalue weighted by atomic mass is 9.90. The average Bonchev–Trinajstić information content (AvgIpc) is 3.12. The van der Waals surface area contributed by atoms with Crippen molar-refractivity contribution in [3.05, 3.63) is 59.5 Å². The second-order valence-corrected chi connectivity index (χ2v) is 8.06. The Balaban J connectivity index is 1.63. The molecule has 0 bridgehead atoms. The van der Waals surface area contributed by atoms with E-state index < -0.39 is 5.60 Å². The van der Waals surface area contributed by atoms with Crippen LogP contribution in [-0.4, -0.2) is 46.6 Å². The number of amides is 1. The first-order valence-corrected chi connectivity index (χ1v) is 9.67. The Morgan fingerprint density at radius 1 is 1.22 bits per heavy atom. The largest absolute Gasteiger partial charge is 0.472 e. The Morgan fingerprint density at radius 2 is 1.96 bits per heavy atom. The van der Waals surface area contributed by atoms with Crippen molar-refractivity contribution in [2.45, 2.75) is 51.3 Å². The monoisotopic (exact) mass is 370 g/mol. The molecule has 5 nitrogen and oxygen atoms in total. The Hall–Kier alpha value is -2.11. The number of carbonyl (C=O) groups is 1. The van der Waals surface area contributed by atoms with Crippen LogP contribution in [0.1, 0.15) is 49.3 Å². The first-order chi connectivity index (χ1) is 12.9. The fourth-order valence-electron chi connectivity index (χ4n) is 3.79. The third-order valence-corrected chi connectivity index (χ3v) is 5.29. The van der Waals surface area contributed by atoms with Crippen LogP contribution in [0.25, 0.3) is 0 Å². The van der Waals surface area contributed by atoms with Crippen molar-refractivity contribution in [2.24, 2.45) is 0 Å². The molecular formula is C22H30N2O3. The molecule has 3 rings (SSSR count). The van der Waals surface area contributed by atoms with Crippen LogP contribution in [0.15, 0.2) is 47.3 Å². The van der Waals surface area contributed by atoms with E-state index in [1.165, 1.54) is 5.56 Å². The summed E-state index contributed by atoms with van der Waals surface area (Å²) in [5.74, 6) is 0.326. The van der Waals surface area contributed by atoms with E-state index in [2.05, 4.69) is 38.1 Å². The quantitative estimate of drug-likeness (QED) is 0.812. The van der Waals surface area contributed by atoms with Crippen molar-refractivity contribution in [1.82, 2.24) is 9.80 Å². The Kier molecular flexibility index (Phi) is 6.02. The van der Waals surface area contributed by atoms with Crippen LogP contribution < -0.4 is 0 Å². The summed E-state index contributed by atoms with van der Waals surface area (Å²) < 4.78 is 5.09. The van der Waals surface area contributed by atoms with Gasteiger partial charge in [-0.1, -0.05) is 38.1 Å². The third kappa shape index (κ3) is 4.79. The van der Waals surface area contributed by atoms with Crippen LogP contribution in [0.5, 0.6) is 0 Å². The number of hydrogen-bond donors (Lipinski definition) is 1. The number of likely N-dealkylation sites (N-methyl/N-ethyl adjacent to an activating group) is 1. The zero-order valence-corrected chi connectivity index (χ0v) is 16.5. The summed E-state index contributed by atoms with van der Waals surface area (Å²) in [6.45, 7) is 6.54. The summed E-state index contributed by atoms with van der Waals surface area (Å²) in [5.41, 5.74) is 2.10. The van der Waals surface area contributed by atoms with Crippen molar-refractivity contribution in [1.29, 1.82) is 0 Å². The molecule has 1 atom stereocenters. The van der Waals surface area contributed by atoms with Crippen LogP contribution in [0.3, 0.4) is 0 Å².